The number of β-lactam (4-membered cyclic amide) rings is 1. The van der Waals surface area contributed by atoms with Gasteiger partial charge in [0.1, 0.15) is 18.0 Å². The predicted molar refractivity (Wildman–Crippen MR) is 54.7 cm³/mol. The van der Waals surface area contributed by atoms with Gasteiger partial charge in [-0.3, -0.25) is 4.79 Å². The lowest BCUT2D eigenvalue weighted by molar-refractivity contribution is -0.140. The van der Waals surface area contributed by atoms with E-state index in [1.54, 1.807) is 22.9 Å². The van der Waals surface area contributed by atoms with Gasteiger partial charge in [0, 0.05) is 12.0 Å². The molecule has 7 heteroatoms. The number of ether oxygens (including phenoxy) is 1. The number of carbonyl (C=O) groups is 2. The molecule has 2 amide bonds. The van der Waals surface area contributed by atoms with Crippen molar-refractivity contribution < 1.29 is 14.3 Å². The molecule has 2 rings (SSSR count). The van der Waals surface area contributed by atoms with Gasteiger partial charge in [-0.1, -0.05) is 0 Å². The fraction of sp³-hybridized carbons (Fsp3) is 0.500. The van der Waals surface area contributed by atoms with Crippen LogP contribution in [0.4, 0.5) is 4.79 Å². The number of hydrogen-bond acceptors (Lipinski definition) is 5. The van der Waals surface area contributed by atoms with Crippen molar-refractivity contribution >= 4 is 23.8 Å². The van der Waals surface area contributed by atoms with Crippen LogP contribution in [0, 0.1) is 0 Å². The molecule has 4 N–H and O–H groups in total. The molecule has 0 aromatic heterocycles. The Bertz CT molecular complexity index is 344. The van der Waals surface area contributed by atoms with Crippen LogP contribution in [0.3, 0.4) is 0 Å². The first kappa shape index (κ1) is 10.3. The summed E-state index contributed by atoms with van der Waals surface area (Å²) in [6, 6.07) is -0.398. The van der Waals surface area contributed by atoms with Gasteiger partial charge in [-0.25, -0.2) is 4.79 Å². The first-order chi connectivity index (χ1) is 7.09. The van der Waals surface area contributed by atoms with Crippen molar-refractivity contribution in [3.8, 4) is 0 Å². The van der Waals surface area contributed by atoms with Crippen molar-refractivity contribution in [2.45, 2.75) is 11.4 Å². The van der Waals surface area contributed by atoms with Crippen LogP contribution < -0.4 is 11.5 Å². The maximum Gasteiger partial charge on any atom is 0.404 e. The van der Waals surface area contributed by atoms with Gasteiger partial charge in [0.05, 0.1) is 0 Å². The van der Waals surface area contributed by atoms with E-state index in [4.69, 9.17) is 11.5 Å². The second kappa shape index (κ2) is 3.74. The largest absolute Gasteiger partial charge is 0.445 e. The molecule has 1 unspecified atom stereocenters. The van der Waals surface area contributed by atoms with E-state index in [1.165, 1.54) is 0 Å². The molecule has 1 fully saturated rings. The summed E-state index contributed by atoms with van der Waals surface area (Å²) in [5, 5.41) is 0.0369. The van der Waals surface area contributed by atoms with Gasteiger partial charge in [0.15, 0.2) is 0 Å². The zero-order valence-electron chi connectivity index (χ0n) is 7.88. The smallest absolute Gasteiger partial charge is 0.404 e. The quantitative estimate of drug-likeness (QED) is 0.604. The van der Waals surface area contributed by atoms with Crippen molar-refractivity contribution in [1.29, 1.82) is 0 Å². The molecule has 2 aliphatic rings. The SMILES string of the molecule is NC(=O)OCC1=CN2C(=O)C(N)[C@H]2SC1. The number of amides is 2. The van der Waals surface area contributed by atoms with Crippen LogP contribution in [0.5, 0.6) is 0 Å². The van der Waals surface area contributed by atoms with Gasteiger partial charge in [0.2, 0.25) is 5.91 Å². The molecule has 0 saturated carbocycles. The third-order valence-corrected chi connectivity index (χ3v) is 3.68. The van der Waals surface area contributed by atoms with E-state index < -0.39 is 12.1 Å². The molecule has 2 heterocycles. The number of fused-ring (bicyclic) bond motifs is 1. The van der Waals surface area contributed by atoms with E-state index in [-0.39, 0.29) is 17.9 Å². The minimum absolute atomic E-state index is 0.0369. The molecule has 15 heavy (non-hydrogen) atoms. The van der Waals surface area contributed by atoms with E-state index in [0.717, 1.165) is 5.57 Å². The molecule has 1 saturated heterocycles. The van der Waals surface area contributed by atoms with Crippen LogP contribution >= 0.6 is 11.8 Å². The second-order valence-corrected chi connectivity index (χ2v) is 4.47. The number of nitrogens with zero attached hydrogens (tertiary/aromatic N) is 1. The summed E-state index contributed by atoms with van der Waals surface area (Å²) >= 11 is 1.56. The van der Waals surface area contributed by atoms with Crippen LogP contribution in [-0.2, 0) is 9.53 Å². The molecule has 2 atom stereocenters. The molecular weight excluding hydrogens is 218 g/mol. The fourth-order valence-corrected chi connectivity index (χ4v) is 2.69. The lowest BCUT2D eigenvalue weighted by atomic mass is 10.1. The number of nitrogens with two attached hydrogens (primary N) is 2. The van der Waals surface area contributed by atoms with Crippen LogP contribution in [0.1, 0.15) is 0 Å². The number of carbonyl (C=O) groups excluding carboxylic acids is 2. The Hall–Kier alpha value is -1.21. The second-order valence-electron chi connectivity index (χ2n) is 3.37. The van der Waals surface area contributed by atoms with Gasteiger partial charge >= 0.3 is 6.09 Å². The monoisotopic (exact) mass is 229 g/mol. The highest BCUT2D eigenvalue weighted by Crippen LogP contribution is 2.34. The average Bonchev–Trinajstić information content (AvgIpc) is 2.24. The van der Waals surface area contributed by atoms with Crippen LogP contribution in [-0.4, -0.2) is 40.7 Å². The zero-order chi connectivity index (χ0) is 11.0. The Morgan fingerprint density at radius 2 is 2.47 bits per heavy atom. The maximum atomic E-state index is 11.3. The molecule has 0 radical (unpaired) electrons. The molecule has 0 bridgehead atoms. The third-order valence-electron chi connectivity index (χ3n) is 2.28. The standard InChI is InChI=1S/C8H11N3O3S/c9-5-6(12)11-1-4(2-14-8(10)13)3-15-7(5)11/h1,5,7H,2-3,9H2,(H2,10,13)/t5?,7-/m1/s1. The molecule has 0 aromatic carbocycles. The highest BCUT2D eigenvalue weighted by molar-refractivity contribution is 8.00. The van der Waals surface area contributed by atoms with Crippen LogP contribution in [0.2, 0.25) is 0 Å². The summed E-state index contributed by atoms with van der Waals surface area (Å²) in [6.45, 7) is 0.133. The Morgan fingerprint density at radius 1 is 1.73 bits per heavy atom. The Morgan fingerprint density at radius 3 is 3.13 bits per heavy atom. The molecule has 6 nitrogen and oxygen atoms in total. The normalized spacial score (nSPS) is 29.0. The van der Waals surface area contributed by atoms with Crippen LogP contribution in [0.15, 0.2) is 11.8 Å². The molecule has 0 spiro atoms. The molecule has 82 valence electrons. The summed E-state index contributed by atoms with van der Waals surface area (Å²) in [5.41, 5.74) is 11.3. The minimum Gasteiger partial charge on any atom is -0.445 e. The van der Waals surface area contributed by atoms with Crippen molar-refractivity contribution in [2.75, 3.05) is 12.4 Å². The van der Waals surface area contributed by atoms with E-state index in [1.807, 2.05) is 0 Å². The van der Waals surface area contributed by atoms with Gasteiger partial charge in [0.25, 0.3) is 0 Å². The van der Waals surface area contributed by atoms with Crippen molar-refractivity contribution in [1.82, 2.24) is 4.90 Å². The third kappa shape index (κ3) is 1.80. The Balaban J connectivity index is 1.96. The summed E-state index contributed by atoms with van der Waals surface area (Å²) in [7, 11) is 0. The highest BCUT2D eigenvalue weighted by atomic mass is 32.2. The van der Waals surface area contributed by atoms with Gasteiger partial charge < -0.3 is 21.1 Å². The van der Waals surface area contributed by atoms with Crippen molar-refractivity contribution in [3.63, 3.8) is 0 Å². The van der Waals surface area contributed by atoms with E-state index in [9.17, 15) is 9.59 Å². The van der Waals surface area contributed by atoms with E-state index in [0.29, 0.717) is 5.75 Å². The van der Waals surface area contributed by atoms with Crippen LogP contribution in [0.25, 0.3) is 0 Å². The Kier molecular flexibility index (Phi) is 2.57. The highest BCUT2D eigenvalue weighted by Gasteiger charge is 2.46. The lowest BCUT2D eigenvalue weighted by Crippen LogP contribution is -2.66. The van der Waals surface area contributed by atoms with Crippen molar-refractivity contribution in [2.24, 2.45) is 11.5 Å². The maximum absolute atomic E-state index is 11.3. The summed E-state index contributed by atoms with van der Waals surface area (Å²) < 4.78 is 4.64. The topological polar surface area (TPSA) is 98.7 Å². The lowest BCUT2D eigenvalue weighted by Gasteiger charge is -2.45. The summed E-state index contributed by atoms with van der Waals surface area (Å²) in [4.78, 5) is 23.2. The summed E-state index contributed by atoms with van der Waals surface area (Å²) in [6.07, 6.45) is 0.880. The first-order valence-corrected chi connectivity index (χ1v) is 5.45. The summed E-state index contributed by atoms with van der Waals surface area (Å²) in [5.74, 6) is 0.610. The number of primary amides is 1. The minimum atomic E-state index is -0.810. The number of rotatable bonds is 2. The molecule has 0 aliphatic carbocycles. The van der Waals surface area contributed by atoms with Gasteiger partial charge in [-0.05, 0) is 5.57 Å². The van der Waals surface area contributed by atoms with E-state index >= 15 is 0 Å². The Labute approximate surface area is 90.6 Å². The van der Waals surface area contributed by atoms with E-state index in [2.05, 4.69) is 4.74 Å². The number of hydrogen-bond donors (Lipinski definition) is 2. The van der Waals surface area contributed by atoms with Crippen molar-refractivity contribution in [3.05, 3.63) is 11.8 Å². The fourth-order valence-electron chi connectivity index (χ4n) is 1.50. The average molecular weight is 229 g/mol. The molecule has 2 aliphatic heterocycles. The first-order valence-electron chi connectivity index (χ1n) is 4.41. The van der Waals surface area contributed by atoms with Gasteiger partial charge in [-0.15, -0.1) is 11.8 Å². The molecule has 0 aromatic rings. The molecular formula is C8H11N3O3S. The zero-order valence-corrected chi connectivity index (χ0v) is 8.70. The van der Waals surface area contributed by atoms with Gasteiger partial charge in [-0.2, -0.15) is 0 Å². The predicted octanol–water partition coefficient (Wildman–Crippen LogP) is -0.792. The number of thioether (sulfide) groups is 1.